The van der Waals surface area contributed by atoms with Crippen LogP contribution in [0.1, 0.15) is 25.0 Å². The van der Waals surface area contributed by atoms with Gasteiger partial charge in [0.05, 0.1) is 5.56 Å². The minimum Gasteiger partial charge on any atom is -0.455 e. The summed E-state index contributed by atoms with van der Waals surface area (Å²) in [6.45, 7) is 4.61. The average molecular weight is 698 g/mol. The molecule has 0 atom stereocenters. The molecule has 0 radical (unpaired) electrons. The Morgan fingerprint density at radius 3 is 2.00 bits per heavy atom. The van der Waals surface area contributed by atoms with Gasteiger partial charge < -0.3 is 4.42 Å². The van der Waals surface area contributed by atoms with Crippen LogP contribution in [0.2, 0.25) is 0 Å². The van der Waals surface area contributed by atoms with Gasteiger partial charge in [0.15, 0.2) is 17.5 Å². The van der Waals surface area contributed by atoms with Crippen LogP contribution >= 0.6 is 11.3 Å². The monoisotopic (exact) mass is 697 g/mol. The van der Waals surface area contributed by atoms with Crippen LogP contribution in [0.5, 0.6) is 0 Å². The zero-order valence-electron chi connectivity index (χ0n) is 29.1. The van der Waals surface area contributed by atoms with Crippen molar-refractivity contribution in [2.45, 2.75) is 19.3 Å². The summed E-state index contributed by atoms with van der Waals surface area (Å²) in [4.78, 5) is 15.6. The molecule has 3 aromatic heterocycles. The Morgan fingerprint density at radius 1 is 0.453 bits per heavy atom. The predicted molar refractivity (Wildman–Crippen MR) is 219 cm³/mol. The largest absolute Gasteiger partial charge is 0.455 e. The fourth-order valence-corrected chi connectivity index (χ4v) is 9.52. The van der Waals surface area contributed by atoms with Crippen LogP contribution < -0.4 is 0 Å². The summed E-state index contributed by atoms with van der Waals surface area (Å²) in [7, 11) is 0. The fraction of sp³-hybridized carbons (Fsp3) is 0.0625. The van der Waals surface area contributed by atoms with Gasteiger partial charge in [0.25, 0.3) is 0 Å². The Bertz CT molecular complexity index is 3100. The van der Waals surface area contributed by atoms with Crippen molar-refractivity contribution in [1.29, 1.82) is 0 Å². The highest BCUT2D eigenvalue weighted by molar-refractivity contribution is 7.26. The summed E-state index contributed by atoms with van der Waals surface area (Å²) in [5, 5.41) is 4.62. The minimum absolute atomic E-state index is 0.148. The molecule has 0 amide bonds. The number of fused-ring (bicyclic) bond motifs is 9. The second-order valence-corrected chi connectivity index (χ2v) is 15.5. The topological polar surface area (TPSA) is 51.8 Å². The normalized spacial score (nSPS) is 13.2. The smallest absolute Gasteiger partial charge is 0.167 e. The van der Waals surface area contributed by atoms with Crippen LogP contribution in [-0.4, -0.2) is 15.0 Å². The van der Waals surface area contributed by atoms with Gasteiger partial charge in [0, 0.05) is 47.5 Å². The maximum Gasteiger partial charge on any atom is 0.167 e. The summed E-state index contributed by atoms with van der Waals surface area (Å²) < 4.78 is 8.95. The molecule has 1 aliphatic carbocycles. The van der Waals surface area contributed by atoms with Crippen molar-refractivity contribution in [3.8, 4) is 56.4 Å². The van der Waals surface area contributed by atoms with Gasteiger partial charge >= 0.3 is 0 Å². The van der Waals surface area contributed by atoms with Crippen LogP contribution in [0.15, 0.2) is 156 Å². The minimum atomic E-state index is -0.148. The Balaban J connectivity index is 1.12. The Kier molecular flexibility index (Phi) is 6.43. The van der Waals surface area contributed by atoms with Crippen molar-refractivity contribution in [1.82, 2.24) is 15.0 Å². The zero-order valence-corrected chi connectivity index (χ0v) is 29.9. The quantitative estimate of drug-likeness (QED) is 0.184. The molecule has 4 nitrogen and oxygen atoms in total. The van der Waals surface area contributed by atoms with Crippen LogP contribution in [0.4, 0.5) is 0 Å². The number of hydrogen-bond donors (Lipinski definition) is 0. The predicted octanol–water partition coefficient (Wildman–Crippen LogP) is 13.1. The Labute approximate surface area is 310 Å². The van der Waals surface area contributed by atoms with E-state index in [1.165, 1.54) is 53.6 Å². The lowest BCUT2D eigenvalue weighted by Crippen LogP contribution is -2.15. The molecular weight excluding hydrogens is 667 g/mol. The molecule has 53 heavy (non-hydrogen) atoms. The van der Waals surface area contributed by atoms with E-state index in [1.54, 1.807) is 11.3 Å². The molecule has 5 heteroatoms. The first-order chi connectivity index (χ1) is 26.0. The SMILES string of the molecule is CC1(C)c2ccccc2-c2ccc(-c3nc(-c4ccc5c(c4)sc4cccc(-c6ccccc6)c45)nc(-c4cccc5c4oc4ccccc45)n3)cc21. The Morgan fingerprint density at radius 2 is 1.11 bits per heavy atom. The van der Waals surface area contributed by atoms with Crippen LogP contribution in [0.25, 0.3) is 98.5 Å². The number of benzene rings is 7. The lowest BCUT2D eigenvalue weighted by molar-refractivity contribution is 0.660. The fourth-order valence-electron chi connectivity index (χ4n) is 8.34. The van der Waals surface area contributed by atoms with Gasteiger partial charge in [-0.05, 0) is 63.7 Å². The molecule has 11 rings (SSSR count). The number of furan rings is 1. The molecule has 0 unspecified atom stereocenters. The van der Waals surface area contributed by atoms with Crippen molar-refractivity contribution < 1.29 is 4.42 Å². The van der Waals surface area contributed by atoms with Gasteiger partial charge in [-0.15, -0.1) is 11.3 Å². The van der Waals surface area contributed by atoms with E-state index in [4.69, 9.17) is 19.4 Å². The third-order valence-corrected chi connectivity index (χ3v) is 12.1. The van der Waals surface area contributed by atoms with Crippen LogP contribution in [0, 0.1) is 0 Å². The molecule has 0 spiro atoms. The third-order valence-electron chi connectivity index (χ3n) is 11.0. The first-order valence-electron chi connectivity index (χ1n) is 17.9. The molecular formula is C48H31N3OS. The molecule has 3 heterocycles. The van der Waals surface area contributed by atoms with Crippen LogP contribution in [0.3, 0.4) is 0 Å². The molecule has 7 aromatic carbocycles. The molecule has 1 aliphatic rings. The highest BCUT2D eigenvalue weighted by atomic mass is 32.1. The molecule has 0 saturated heterocycles. The first-order valence-corrected chi connectivity index (χ1v) is 18.8. The van der Waals surface area contributed by atoms with E-state index in [1.807, 2.05) is 18.2 Å². The summed E-state index contributed by atoms with van der Waals surface area (Å²) in [6.07, 6.45) is 0. The second-order valence-electron chi connectivity index (χ2n) is 14.4. The summed E-state index contributed by atoms with van der Waals surface area (Å²) in [5.74, 6) is 1.85. The highest BCUT2D eigenvalue weighted by Crippen LogP contribution is 2.49. The molecule has 0 saturated carbocycles. The molecule has 0 bridgehead atoms. The summed E-state index contributed by atoms with van der Waals surface area (Å²) in [5.41, 5.74) is 11.8. The van der Waals surface area contributed by atoms with E-state index >= 15 is 0 Å². The van der Waals surface area contributed by atoms with E-state index in [2.05, 4.69) is 147 Å². The van der Waals surface area contributed by atoms with E-state index in [-0.39, 0.29) is 5.41 Å². The highest BCUT2D eigenvalue weighted by Gasteiger charge is 2.35. The van der Waals surface area contributed by atoms with Crippen molar-refractivity contribution in [3.05, 3.63) is 163 Å². The van der Waals surface area contributed by atoms with Crippen molar-refractivity contribution in [2.75, 3.05) is 0 Å². The molecule has 250 valence electrons. The van der Waals surface area contributed by atoms with E-state index in [0.717, 1.165) is 38.6 Å². The lowest BCUT2D eigenvalue weighted by atomic mass is 9.82. The number of hydrogen-bond acceptors (Lipinski definition) is 5. The van der Waals surface area contributed by atoms with Gasteiger partial charge in [-0.1, -0.05) is 135 Å². The summed E-state index contributed by atoms with van der Waals surface area (Å²) in [6, 6.07) is 53.6. The first kappa shape index (κ1) is 30.2. The molecule has 0 fully saturated rings. The van der Waals surface area contributed by atoms with E-state index in [0.29, 0.717) is 17.5 Å². The molecule has 10 aromatic rings. The zero-order chi connectivity index (χ0) is 35.3. The van der Waals surface area contributed by atoms with Gasteiger partial charge in [-0.3, -0.25) is 0 Å². The Hall–Kier alpha value is -6.43. The standard InChI is InChI=1S/C48H31N3OS/c1-48(2)38-19-8-6-14-32(38)33-24-22-29(26-39(33)48)45-49-46(51-47(50-45)37-18-10-17-35-34-15-7-9-20-40(34)52-44(35)37)30-23-25-36-42(27-30)53-41-21-11-16-31(43(36)41)28-12-4-3-5-13-28/h3-27H,1-2H3. The van der Waals surface area contributed by atoms with Gasteiger partial charge in [0.1, 0.15) is 11.2 Å². The summed E-state index contributed by atoms with van der Waals surface area (Å²) >= 11 is 1.81. The molecule has 0 N–H and O–H groups in total. The average Bonchev–Trinajstić information content (AvgIpc) is 3.85. The van der Waals surface area contributed by atoms with Crippen LogP contribution in [-0.2, 0) is 5.41 Å². The number of para-hydroxylation sites is 2. The van der Waals surface area contributed by atoms with Gasteiger partial charge in [0.2, 0.25) is 0 Å². The number of rotatable bonds is 4. The van der Waals surface area contributed by atoms with Gasteiger partial charge in [-0.25, -0.2) is 15.0 Å². The van der Waals surface area contributed by atoms with E-state index in [9.17, 15) is 0 Å². The lowest BCUT2D eigenvalue weighted by Gasteiger charge is -2.21. The maximum absolute atomic E-state index is 6.49. The van der Waals surface area contributed by atoms with Crippen molar-refractivity contribution >= 4 is 53.4 Å². The number of nitrogens with zero attached hydrogens (tertiary/aromatic N) is 3. The van der Waals surface area contributed by atoms with Crippen molar-refractivity contribution in [3.63, 3.8) is 0 Å². The van der Waals surface area contributed by atoms with E-state index < -0.39 is 0 Å². The number of thiophene rings is 1. The molecule has 0 aliphatic heterocycles. The second kappa shape index (κ2) is 11.3. The maximum atomic E-state index is 6.49. The van der Waals surface area contributed by atoms with Gasteiger partial charge in [-0.2, -0.15) is 0 Å². The van der Waals surface area contributed by atoms with Crippen molar-refractivity contribution in [2.24, 2.45) is 0 Å². The third kappa shape index (κ3) is 4.57. The number of aromatic nitrogens is 3.